The van der Waals surface area contributed by atoms with E-state index in [9.17, 15) is 14.9 Å². The smallest absolute Gasteiger partial charge is 0.292 e. The molecule has 2 aromatic rings. The van der Waals surface area contributed by atoms with Crippen molar-refractivity contribution in [3.63, 3.8) is 0 Å². The minimum absolute atomic E-state index is 0.0779. The Morgan fingerprint density at radius 3 is 2.44 bits per heavy atom. The Bertz CT molecular complexity index is 802. The zero-order chi connectivity index (χ0) is 19.2. The van der Waals surface area contributed by atoms with Crippen molar-refractivity contribution in [1.82, 2.24) is 4.90 Å². The molecule has 7 heteroatoms. The predicted molar refractivity (Wildman–Crippen MR) is 106 cm³/mol. The molecule has 142 valence electrons. The van der Waals surface area contributed by atoms with Gasteiger partial charge in [-0.1, -0.05) is 30.3 Å². The van der Waals surface area contributed by atoms with Crippen LogP contribution >= 0.6 is 0 Å². The van der Waals surface area contributed by atoms with Gasteiger partial charge in [-0.3, -0.25) is 14.9 Å². The Kier molecular flexibility index (Phi) is 5.90. The minimum Gasteiger partial charge on any atom is -0.379 e. The molecule has 3 rings (SSSR count). The van der Waals surface area contributed by atoms with Crippen molar-refractivity contribution in [2.75, 3.05) is 42.9 Å². The van der Waals surface area contributed by atoms with E-state index in [1.807, 2.05) is 41.3 Å². The monoisotopic (exact) mass is 368 g/mol. The van der Waals surface area contributed by atoms with E-state index in [2.05, 4.69) is 10.2 Å². The first-order chi connectivity index (χ1) is 13.0. The molecule has 1 aliphatic rings. The molecule has 1 fully saturated rings. The van der Waals surface area contributed by atoms with Crippen molar-refractivity contribution in [2.24, 2.45) is 0 Å². The number of carbonyl (C=O) groups excluding carboxylic acids is 1. The number of anilines is 2. The van der Waals surface area contributed by atoms with Crippen LogP contribution in [0.15, 0.2) is 48.5 Å². The van der Waals surface area contributed by atoms with Gasteiger partial charge in [0.1, 0.15) is 5.69 Å². The summed E-state index contributed by atoms with van der Waals surface area (Å²) in [5, 5.41) is 14.6. The van der Waals surface area contributed by atoms with E-state index in [1.165, 1.54) is 5.56 Å². The predicted octanol–water partition coefficient (Wildman–Crippen LogP) is 2.92. The number of piperazine rings is 1. The molecule has 0 bridgehead atoms. The third-order valence-electron chi connectivity index (χ3n) is 4.84. The van der Waals surface area contributed by atoms with Crippen molar-refractivity contribution in [2.45, 2.75) is 13.3 Å². The van der Waals surface area contributed by atoms with Crippen LogP contribution in [0.1, 0.15) is 12.5 Å². The summed E-state index contributed by atoms with van der Waals surface area (Å²) in [6, 6.07) is 15.2. The first kappa shape index (κ1) is 18.7. The second kappa shape index (κ2) is 8.53. The minimum atomic E-state index is -0.359. The van der Waals surface area contributed by atoms with Crippen molar-refractivity contribution in [3.8, 4) is 0 Å². The topological polar surface area (TPSA) is 78.7 Å². The van der Waals surface area contributed by atoms with Gasteiger partial charge in [-0.05, 0) is 24.1 Å². The average Bonchev–Trinajstić information content (AvgIpc) is 2.68. The molecule has 0 aliphatic carbocycles. The molecule has 0 radical (unpaired) electrons. The highest BCUT2D eigenvalue weighted by atomic mass is 16.6. The van der Waals surface area contributed by atoms with Gasteiger partial charge in [-0.25, -0.2) is 0 Å². The number of hydrogen-bond acceptors (Lipinski definition) is 5. The van der Waals surface area contributed by atoms with E-state index < -0.39 is 0 Å². The molecule has 1 aliphatic heterocycles. The lowest BCUT2D eigenvalue weighted by Crippen LogP contribution is -2.48. The van der Waals surface area contributed by atoms with Gasteiger partial charge in [0.2, 0.25) is 5.91 Å². The van der Waals surface area contributed by atoms with Gasteiger partial charge in [0.15, 0.2) is 0 Å². The summed E-state index contributed by atoms with van der Waals surface area (Å²) in [6.45, 7) is 4.98. The maximum absolute atomic E-state index is 11.5. The molecule has 1 heterocycles. The summed E-state index contributed by atoms with van der Waals surface area (Å²) in [4.78, 5) is 26.5. The highest BCUT2D eigenvalue weighted by molar-refractivity contribution is 5.74. The van der Waals surface area contributed by atoms with E-state index in [1.54, 1.807) is 19.1 Å². The lowest BCUT2D eigenvalue weighted by molar-refractivity contribution is -0.383. The molecular formula is C20H24N4O3. The Morgan fingerprint density at radius 1 is 1.11 bits per heavy atom. The molecule has 27 heavy (non-hydrogen) atoms. The molecule has 7 nitrogen and oxygen atoms in total. The van der Waals surface area contributed by atoms with Gasteiger partial charge in [0.05, 0.1) is 4.92 Å². The fourth-order valence-electron chi connectivity index (χ4n) is 3.29. The van der Waals surface area contributed by atoms with Crippen LogP contribution in [0.3, 0.4) is 0 Å². The van der Waals surface area contributed by atoms with Crippen LogP contribution in [0.4, 0.5) is 17.1 Å². The van der Waals surface area contributed by atoms with Gasteiger partial charge in [0.25, 0.3) is 5.69 Å². The Hall–Kier alpha value is -3.09. The number of benzene rings is 2. The van der Waals surface area contributed by atoms with Gasteiger partial charge in [-0.15, -0.1) is 0 Å². The highest BCUT2D eigenvalue weighted by Crippen LogP contribution is 2.30. The van der Waals surface area contributed by atoms with Crippen LogP contribution in [0.25, 0.3) is 0 Å². The maximum Gasteiger partial charge on any atom is 0.292 e. The third kappa shape index (κ3) is 4.75. The SMILES string of the molecule is CC(=O)N1CCN(c2ccc([N+](=O)[O-])c(NCCc3ccccc3)c2)CC1. The average molecular weight is 368 g/mol. The fourth-order valence-corrected chi connectivity index (χ4v) is 3.29. The summed E-state index contributed by atoms with van der Waals surface area (Å²) < 4.78 is 0. The van der Waals surface area contributed by atoms with Crippen LogP contribution < -0.4 is 10.2 Å². The van der Waals surface area contributed by atoms with Gasteiger partial charge in [0, 0.05) is 51.4 Å². The molecule has 0 atom stereocenters. The zero-order valence-corrected chi connectivity index (χ0v) is 15.4. The number of nitro groups is 1. The number of nitro benzene ring substituents is 1. The van der Waals surface area contributed by atoms with Crippen molar-refractivity contribution < 1.29 is 9.72 Å². The lowest BCUT2D eigenvalue weighted by atomic mass is 10.1. The largest absolute Gasteiger partial charge is 0.379 e. The molecule has 1 saturated heterocycles. The molecular weight excluding hydrogens is 344 g/mol. The van der Waals surface area contributed by atoms with E-state index in [-0.39, 0.29) is 16.5 Å². The van der Waals surface area contributed by atoms with Crippen LogP contribution in [0.2, 0.25) is 0 Å². The fraction of sp³-hybridized carbons (Fsp3) is 0.350. The number of nitrogens with zero attached hydrogens (tertiary/aromatic N) is 3. The first-order valence-electron chi connectivity index (χ1n) is 9.11. The Balaban J connectivity index is 1.69. The number of hydrogen-bond donors (Lipinski definition) is 1. The lowest BCUT2D eigenvalue weighted by Gasteiger charge is -2.35. The number of amides is 1. The summed E-state index contributed by atoms with van der Waals surface area (Å²) in [7, 11) is 0. The van der Waals surface area contributed by atoms with Crippen LogP contribution in [0, 0.1) is 10.1 Å². The Labute approximate surface area is 158 Å². The maximum atomic E-state index is 11.5. The molecule has 0 spiro atoms. The van der Waals surface area contributed by atoms with Crippen LogP contribution in [-0.2, 0) is 11.2 Å². The van der Waals surface area contributed by atoms with Crippen molar-refractivity contribution in [3.05, 3.63) is 64.2 Å². The van der Waals surface area contributed by atoms with Crippen LogP contribution in [0.5, 0.6) is 0 Å². The Morgan fingerprint density at radius 2 is 1.81 bits per heavy atom. The third-order valence-corrected chi connectivity index (χ3v) is 4.84. The van der Waals surface area contributed by atoms with E-state index in [4.69, 9.17) is 0 Å². The molecule has 0 saturated carbocycles. The second-order valence-electron chi connectivity index (χ2n) is 6.61. The summed E-state index contributed by atoms with van der Waals surface area (Å²) in [5.74, 6) is 0.0848. The molecule has 0 aromatic heterocycles. The first-order valence-corrected chi connectivity index (χ1v) is 9.11. The molecule has 0 unspecified atom stereocenters. The van der Waals surface area contributed by atoms with E-state index in [0.717, 1.165) is 25.2 Å². The van der Waals surface area contributed by atoms with Crippen LogP contribution in [-0.4, -0.2) is 48.5 Å². The normalized spacial score (nSPS) is 14.1. The summed E-state index contributed by atoms with van der Waals surface area (Å²) in [6.07, 6.45) is 0.791. The second-order valence-corrected chi connectivity index (χ2v) is 6.61. The van der Waals surface area contributed by atoms with Crippen molar-refractivity contribution in [1.29, 1.82) is 0 Å². The summed E-state index contributed by atoms with van der Waals surface area (Å²) >= 11 is 0. The van der Waals surface area contributed by atoms with Gasteiger partial charge in [-0.2, -0.15) is 0 Å². The molecule has 1 amide bonds. The molecule has 1 N–H and O–H groups in total. The number of rotatable bonds is 6. The standard InChI is InChI=1S/C20H24N4O3/c1-16(25)22-11-13-23(14-12-22)18-7-8-20(24(26)27)19(15-18)21-10-9-17-5-3-2-4-6-17/h2-8,15,21H,9-14H2,1H3. The zero-order valence-electron chi connectivity index (χ0n) is 15.4. The summed E-state index contributed by atoms with van der Waals surface area (Å²) in [5.41, 5.74) is 2.73. The van der Waals surface area contributed by atoms with E-state index >= 15 is 0 Å². The van der Waals surface area contributed by atoms with Gasteiger partial charge >= 0.3 is 0 Å². The van der Waals surface area contributed by atoms with Gasteiger partial charge < -0.3 is 15.1 Å². The van der Waals surface area contributed by atoms with Crippen molar-refractivity contribution >= 4 is 23.0 Å². The van der Waals surface area contributed by atoms with E-state index in [0.29, 0.717) is 25.3 Å². The highest BCUT2D eigenvalue weighted by Gasteiger charge is 2.21. The molecule has 2 aromatic carbocycles. The number of carbonyl (C=O) groups is 1. The quantitative estimate of drug-likeness (QED) is 0.626. The number of nitrogens with one attached hydrogen (secondary N) is 1.